The molecule has 2 rings (SSSR count). The van der Waals surface area contributed by atoms with Gasteiger partial charge in [0.05, 0.1) is 6.33 Å². The Kier molecular flexibility index (Phi) is 6.45. The minimum absolute atomic E-state index is 0.0541. The van der Waals surface area contributed by atoms with Gasteiger partial charge in [-0.15, -0.1) is 0 Å². The van der Waals surface area contributed by atoms with E-state index in [4.69, 9.17) is 8.92 Å². The number of ether oxygens (including phenoxy) is 1. The topological polar surface area (TPSA) is 127 Å². The van der Waals surface area contributed by atoms with Crippen molar-refractivity contribution in [3.05, 3.63) is 48.0 Å². The molecule has 152 valence electrons. The number of hydrogen-bond acceptors (Lipinski definition) is 7. The molecule has 0 aliphatic carbocycles. The van der Waals surface area contributed by atoms with Gasteiger partial charge in [0, 0.05) is 18.3 Å². The molecule has 2 aromatic rings. The number of amides is 1. The Bertz CT molecular complexity index is 915. The van der Waals surface area contributed by atoms with E-state index in [1.165, 1.54) is 24.7 Å². The van der Waals surface area contributed by atoms with Crippen molar-refractivity contribution >= 4 is 22.2 Å². The smallest absolute Gasteiger partial charge is 0.408 e. The first-order valence-corrected chi connectivity index (χ1v) is 9.89. The number of benzene rings is 1. The van der Waals surface area contributed by atoms with Crippen LogP contribution in [0.5, 0.6) is 0 Å². The molecular weight excluding hydrogens is 386 g/mol. The average Bonchev–Trinajstić information content (AvgIpc) is 3.05. The highest BCUT2D eigenvalue weighted by Crippen LogP contribution is 2.15. The minimum Gasteiger partial charge on any atom is -0.444 e. The molecule has 2 N–H and O–H groups in total. The number of aryl methyl sites for hydroxylation is 1. The Morgan fingerprint density at radius 2 is 1.86 bits per heavy atom. The number of carbonyl (C=O) groups is 2. The van der Waals surface area contributed by atoms with E-state index in [1.54, 1.807) is 39.8 Å². The molecule has 1 heterocycles. The van der Waals surface area contributed by atoms with E-state index in [2.05, 4.69) is 15.3 Å². The fraction of sp³-hybridized carbons (Fsp3) is 0.389. The number of imidazole rings is 1. The lowest BCUT2D eigenvalue weighted by Gasteiger charge is -2.22. The first-order valence-electron chi connectivity index (χ1n) is 8.48. The summed E-state index contributed by atoms with van der Waals surface area (Å²) < 4.78 is 34.6. The Morgan fingerprint density at radius 1 is 1.21 bits per heavy atom. The predicted octanol–water partition coefficient (Wildman–Crippen LogP) is 2.09. The van der Waals surface area contributed by atoms with Crippen molar-refractivity contribution < 1.29 is 26.9 Å². The number of aromatic nitrogens is 2. The summed E-state index contributed by atoms with van der Waals surface area (Å²) >= 11 is 0. The fourth-order valence-electron chi connectivity index (χ4n) is 2.18. The first kappa shape index (κ1) is 21.4. The van der Waals surface area contributed by atoms with Gasteiger partial charge >= 0.3 is 22.2 Å². The fourth-order valence-corrected chi connectivity index (χ4v) is 3.08. The molecule has 0 aliphatic rings. The van der Waals surface area contributed by atoms with Crippen molar-refractivity contribution in [1.29, 1.82) is 0 Å². The van der Waals surface area contributed by atoms with Gasteiger partial charge in [-0.1, -0.05) is 17.7 Å². The van der Waals surface area contributed by atoms with Crippen LogP contribution < -0.4 is 5.32 Å². The Balaban J connectivity index is 2.17. The summed E-state index contributed by atoms with van der Waals surface area (Å²) in [4.78, 5) is 31.0. The Morgan fingerprint density at radius 3 is 2.39 bits per heavy atom. The number of hydrogen-bond donors (Lipinski definition) is 2. The van der Waals surface area contributed by atoms with Crippen molar-refractivity contribution in [3.63, 3.8) is 0 Å². The molecule has 1 amide bonds. The third kappa shape index (κ3) is 6.38. The van der Waals surface area contributed by atoms with Gasteiger partial charge in [-0.25, -0.2) is 14.6 Å². The van der Waals surface area contributed by atoms with Crippen LogP contribution in [0, 0.1) is 6.92 Å². The molecule has 1 aromatic heterocycles. The third-order valence-corrected chi connectivity index (χ3v) is 4.69. The van der Waals surface area contributed by atoms with Gasteiger partial charge in [-0.2, -0.15) is 8.42 Å². The molecule has 0 aliphatic heterocycles. The van der Waals surface area contributed by atoms with E-state index in [9.17, 15) is 18.0 Å². The van der Waals surface area contributed by atoms with Crippen LogP contribution in [0.25, 0.3) is 0 Å². The van der Waals surface area contributed by atoms with Crippen molar-refractivity contribution in [2.24, 2.45) is 0 Å². The molecule has 0 radical (unpaired) electrons. The molecule has 0 bridgehead atoms. The van der Waals surface area contributed by atoms with Crippen LogP contribution in [0.2, 0.25) is 0 Å². The summed E-state index contributed by atoms with van der Waals surface area (Å²) in [5.41, 5.74) is 0.570. The van der Waals surface area contributed by atoms with Crippen molar-refractivity contribution in [2.75, 3.05) is 0 Å². The van der Waals surface area contributed by atoms with E-state index in [1.807, 2.05) is 0 Å². The zero-order valence-corrected chi connectivity index (χ0v) is 16.9. The largest absolute Gasteiger partial charge is 0.444 e. The molecule has 0 fully saturated rings. The van der Waals surface area contributed by atoms with Crippen LogP contribution in [-0.4, -0.2) is 42.1 Å². The molecule has 0 unspecified atom stereocenters. The summed E-state index contributed by atoms with van der Waals surface area (Å²) in [7, 11) is -4.34. The normalized spacial score (nSPS) is 12.9. The van der Waals surface area contributed by atoms with Crippen molar-refractivity contribution in [3.8, 4) is 0 Å². The molecular formula is C18H23N3O6S. The molecule has 0 spiro atoms. The van der Waals surface area contributed by atoms with Gasteiger partial charge in [0.25, 0.3) is 0 Å². The van der Waals surface area contributed by atoms with Crippen LogP contribution >= 0.6 is 0 Å². The van der Waals surface area contributed by atoms with Crippen LogP contribution in [0.15, 0.2) is 41.7 Å². The quantitative estimate of drug-likeness (QED) is 0.699. The molecule has 0 saturated heterocycles. The molecule has 10 heteroatoms. The maximum atomic E-state index is 12.5. The minimum atomic E-state index is -4.34. The van der Waals surface area contributed by atoms with Gasteiger partial charge in [0.2, 0.25) is 0 Å². The molecule has 9 nitrogen and oxygen atoms in total. The zero-order chi connectivity index (χ0) is 20.9. The van der Waals surface area contributed by atoms with Crippen LogP contribution in [0.4, 0.5) is 4.79 Å². The lowest BCUT2D eigenvalue weighted by molar-refractivity contribution is -0.136. The summed E-state index contributed by atoms with van der Waals surface area (Å²) in [5, 5.41) is 2.35. The van der Waals surface area contributed by atoms with Gasteiger partial charge in [0.15, 0.2) is 0 Å². The monoisotopic (exact) mass is 409 g/mol. The highest BCUT2D eigenvalue weighted by molar-refractivity contribution is 7.87. The summed E-state index contributed by atoms with van der Waals surface area (Å²) in [6.45, 7) is 6.79. The maximum Gasteiger partial charge on any atom is 0.408 e. The number of rotatable bonds is 6. The predicted molar refractivity (Wildman–Crippen MR) is 99.9 cm³/mol. The number of nitrogens with one attached hydrogen (secondary N) is 2. The second kappa shape index (κ2) is 8.42. The number of carbonyl (C=O) groups excluding carboxylic acids is 2. The van der Waals surface area contributed by atoms with Crippen LogP contribution in [0.3, 0.4) is 0 Å². The standard InChI is InChI=1S/C18H23N3O6S/c1-12-5-7-14(8-6-12)28(24,25)27-16(22)15(9-13-10-19-11-20-13)21-17(23)26-18(2,3)4/h5-8,10-11,15H,9H2,1-4H3,(H,19,20)(H,21,23)/t15-/m0/s1. The SMILES string of the molecule is Cc1ccc(S(=O)(=O)OC(=O)[C@H](Cc2cnc[nH]2)NC(=O)OC(C)(C)C)cc1. The van der Waals surface area contributed by atoms with Crippen LogP contribution in [0.1, 0.15) is 32.0 Å². The van der Waals surface area contributed by atoms with Gasteiger partial charge < -0.3 is 19.2 Å². The van der Waals surface area contributed by atoms with E-state index < -0.39 is 33.8 Å². The summed E-state index contributed by atoms with van der Waals surface area (Å²) in [6, 6.07) is 4.55. The number of aromatic amines is 1. The average molecular weight is 409 g/mol. The van der Waals surface area contributed by atoms with Gasteiger partial charge in [-0.3, -0.25) is 0 Å². The van der Waals surface area contributed by atoms with E-state index >= 15 is 0 Å². The lowest BCUT2D eigenvalue weighted by atomic mass is 10.1. The lowest BCUT2D eigenvalue weighted by Crippen LogP contribution is -2.46. The molecule has 28 heavy (non-hydrogen) atoms. The summed E-state index contributed by atoms with van der Waals surface area (Å²) in [5.74, 6) is -1.14. The molecule has 1 aromatic carbocycles. The van der Waals surface area contributed by atoms with Crippen molar-refractivity contribution in [2.45, 2.75) is 50.7 Å². The van der Waals surface area contributed by atoms with Gasteiger partial charge in [0.1, 0.15) is 16.5 Å². The van der Waals surface area contributed by atoms with Crippen LogP contribution in [-0.2, 0) is 30.3 Å². The molecule has 1 atom stereocenters. The highest BCUT2D eigenvalue weighted by Gasteiger charge is 2.30. The second-order valence-corrected chi connectivity index (χ2v) is 8.70. The van der Waals surface area contributed by atoms with E-state index in [-0.39, 0.29) is 11.3 Å². The number of nitrogens with zero attached hydrogens (tertiary/aromatic N) is 1. The first-order chi connectivity index (χ1) is 13.0. The van der Waals surface area contributed by atoms with Gasteiger partial charge in [-0.05, 0) is 39.8 Å². The molecule has 0 saturated carbocycles. The number of H-pyrrole nitrogens is 1. The zero-order valence-electron chi connectivity index (χ0n) is 16.1. The van der Waals surface area contributed by atoms with E-state index in [0.29, 0.717) is 5.69 Å². The Labute approximate surface area is 163 Å². The maximum absolute atomic E-state index is 12.5. The summed E-state index contributed by atoms with van der Waals surface area (Å²) in [6.07, 6.45) is 1.92. The highest BCUT2D eigenvalue weighted by atomic mass is 32.2. The second-order valence-electron chi connectivity index (χ2n) is 7.15. The van der Waals surface area contributed by atoms with Crippen molar-refractivity contribution in [1.82, 2.24) is 15.3 Å². The third-order valence-electron chi connectivity index (χ3n) is 3.46. The van der Waals surface area contributed by atoms with E-state index in [0.717, 1.165) is 5.56 Å². The Hall–Kier alpha value is -2.88. The number of alkyl carbamates (subject to hydrolysis) is 1.